The average molecular weight is 358 g/mol. The van der Waals surface area contributed by atoms with E-state index in [0.29, 0.717) is 0 Å². The van der Waals surface area contributed by atoms with Crippen LogP contribution in [-0.2, 0) is 12.8 Å². The van der Waals surface area contributed by atoms with Gasteiger partial charge >= 0.3 is 0 Å². The Morgan fingerprint density at radius 3 is 2.25 bits per heavy atom. The summed E-state index contributed by atoms with van der Waals surface area (Å²) in [5.74, 6) is -0.846. The fourth-order valence-corrected chi connectivity index (χ4v) is 3.46. The molecule has 104 valence electrons. The fourth-order valence-electron chi connectivity index (χ4n) is 2.80. The monoisotopic (exact) mass is 356 g/mol. The molecule has 1 unspecified atom stereocenters. The number of rotatable bonds is 2. The molecule has 0 heterocycles. The van der Waals surface area contributed by atoms with Gasteiger partial charge in [0.2, 0.25) is 0 Å². The zero-order chi connectivity index (χ0) is 14.3. The molecule has 2 aromatic carbocycles. The first kappa shape index (κ1) is 14.0. The minimum Gasteiger partial charge on any atom is -0.207 e. The van der Waals surface area contributed by atoms with Crippen molar-refractivity contribution in [2.75, 3.05) is 0 Å². The highest BCUT2D eigenvalue weighted by atomic mass is 79.9. The fraction of sp³-hybridized carbons (Fsp3) is 0.250. The van der Waals surface area contributed by atoms with Crippen molar-refractivity contribution in [1.29, 1.82) is 0 Å². The SMILES string of the molecule is Fc1cc(C(Cl)C2Cc3ccccc3C2)c(F)cc1Br. The van der Waals surface area contributed by atoms with Crippen molar-refractivity contribution >= 4 is 27.5 Å². The Hall–Kier alpha value is -0.930. The topological polar surface area (TPSA) is 0 Å². The summed E-state index contributed by atoms with van der Waals surface area (Å²) in [7, 11) is 0. The van der Waals surface area contributed by atoms with Crippen molar-refractivity contribution in [2.24, 2.45) is 5.92 Å². The highest BCUT2D eigenvalue weighted by Crippen LogP contribution is 2.40. The van der Waals surface area contributed by atoms with Gasteiger partial charge in [0.1, 0.15) is 11.6 Å². The van der Waals surface area contributed by atoms with Gasteiger partial charge in [0.25, 0.3) is 0 Å². The highest BCUT2D eigenvalue weighted by Gasteiger charge is 2.30. The summed E-state index contributed by atoms with van der Waals surface area (Å²) in [5.41, 5.74) is 2.74. The predicted octanol–water partition coefficient (Wildman–Crippen LogP) is 5.42. The van der Waals surface area contributed by atoms with Crippen LogP contribution in [-0.4, -0.2) is 0 Å². The Morgan fingerprint density at radius 2 is 1.65 bits per heavy atom. The van der Waals surface area contributed by atoms with E-state index in [-0.39, 0.29) is 16.0 Å². The van der Waals surface area contributed by atoms with E-state index in [9.17, 15) is 8.78 Å². The molecule has 0 aliphatic heterocycles. The van der Waals surface area contributed by atoms with Gasteiger partial charge in [-0.1, -0.05) is 24.3 Å². The third-order valence-electron chi connectivity index (χ3n) is 3.83. The van der Waals surface area contributed by atoms with E-state index in [2.05, 4.69) is 28.1 Å². The van der Waals surface area contributed by atoms with Crippen LogP contribution in [0.2, 0.25) is 0 Å². The molecule has 1 aliphatic rings. The summed E-state index contributed by atoms with van der Waals surface area (Å²) < 4.78 is 27.7. The lowest BCUT2D eigenvalue weighted by molar-refractivity contribution is 0.507. The Morgan fingerprint density at radius 1 is 1.05 bits per heavy atom. The van der Waals surface area contributed by atoms with Crippen molar-refractivity contribution in [3.63, 3.8) is 0 Å². The van der Waals surface area contributed by atoms with E-state index in [1.54, 1.807) is 0 Å². The minimum atomic E-state index is -0.523. The van der Waals surface area contributed by atoms with Gasteiger partial charge < -0.3 is 0 Å². The lowest BCUT2D eigenvalue weighted by atomic mass is 9.95. The Kier molecular flexibility index (Phi) is 3.83. The third kappa shape index (κ3) is 2.49. The molecule has 1 atom stereocenters. The van der Waals surface area contributed by atoms with E-state index < -0.39 is 17.0 Å². The molecule has 1 aliphatic carbocycles. The quantitative estimate of drug-likeness (QED) is 0.497. The maximum absolute atomic E-state index is 14.0. The molecule has 0 nitrogen and oxygen atoms in total. The molecule has 0 spiro atoms. The lowest BCUT2D eigenvalue weighted by Gasteiger charge is -2.18. The molecule has 0 saturated carbocycles. The smallest absolute Gasteiger partial charge is 0.137 e. The largest absolute Gasteiger partial charge is 0.207 e. The van der Waals surface area contributed by atoms with Crippen LogP contribution in [0.15, 0.2) is 40.9 Å². The first-order chi connectivity index (χ1) is 9.56. The highest BCUT2D eigenvalue weighted by molar-refractivity contribution is 9.10. The molecule has 0 radical (unpaired) electrons. The molecule has 20 heavy (non-hydrogen) atoms. The van der Waals surface area contributed by atoms with Crippen LogP contribution in [0, 0.1) is 17.6 Å². The van der Waals surface area contributed by atoms with E-state index in [1.165, 1.54) is 17.2 Å². The van der Waals surface area contributed by atoms with Crippen LogP contribution in [0.3, 0.4) is 0 Å². The predicted molar refractivity (Wildman–Crippen MR) is 80.0 cm³/mol. The van der Waals surface area contributed by atoms with Gasteiger partial charge in [-0.05, 0) is 57.9 Å². The van der Waals surface area contributed by atoms with E-state index in [4.69, 9.17) is 11.6 Å². The summed E-state index contributed by atoms with van der Waals surface area (Å²) in [6.45, 7) is 0. The summed E-state index contributed by atoms with van der Waals surface area (Å²) in [6, 6.07) is 10.5. The van der Waals surface area contributed by atoms with Gasteiger partial charge in [-0.15, -0.1) is 11.6 Å². The lowest BCUT2D eigenvalue weighted by Crippen LogP contribution is -2.10. The van der Waals surface area contributed by atoms with Crippen LogP contribution in [0.25, 0.3) is 0 Å². The second-order valence-corrected chi connectivity index (χ2v) is 6.45. The Bertz CT molecular complexity index is 632. The first-order valence-corrected chi connectivity index (χ1v) is 7.64. The van der Waals surface area contributed by atoms with Crippen molar-refractivity contribution in [3.8, 4) is 0 Å². The molecule has 0 N–H and O–H groups in total. The summed E-state index contributed by atoms with van der Waals surface area (Å²) in [5, 5.41) is -0.523. The molecule has 4 heteroatoms. The molecule has 3 rings (SSSR count). The van der Waals surface area contributed by atoms with Gasteiger partial charge in [0, 0.05) is 5.56 Å². The second kappa shape index (κ2) is 5.45. The number of alkyl halides is 1. The third-order valence-corrected chi connectivity index (χ3v) is 5.03. The normalized spacial score (nSPS) is 16.2. The number of hydrogen-bond donors (Lipinski definition) is 0. The van der Waals surface area contributed by atoms with Crippen molar-refractivity contribution in [2.45, 2.75) is 18.2 Å². The summed E-state index contributed by atoms with van der Waals surface area (Å²) in [4.78, 5) is 0. The van der Waals surface area contributed by atoms with Crippen molar-refractivity contribution in [1.82, 2.24) is 0 Å². The Balaban J connectivity index is 1.88. The second-order valence-electron chi connectivity index (χ2n) is 5.13. The van der Waals surface area contributed by atoms with Gasteiger partial charge in [0.15, 0.2) is 0 Å². The molecule has 2 aromatic rings. The molecular formula is C16H12BrClF2. The van der Waals surface area contributed by atoms with Gasteiger partial charge in [-0.3, -0.25) is 0 Å². The molecular weight excluding hydrogens is 346 g/mol. The summed E-state index contributed by atoms with van der Waals surface area (Å²) >= 11 is 9.39. The van der Waals surface area contributed by atoms with Crippen LogP contribution >= 0.6 is 27.5 Å². The zero-order valence-corrected chi connectivity index (χ0v) is 12.9. The Labute approximate surface area is 129 Å². The zero-order valence-electron chi connectivity index (χ0n) is 10.5. The number of hydrogen-bond acceptors (Lipinski definition) is 0. The molecule has 0 fully saturated rings. The molecule has 0 aromatic heterocycles. The van der Waals surface area contributed by atoms with E-state index in [0.717, 1.165) is 18.9 Å². The van der Waals surface area contributed by atoms with Crippen LogP contribution < -0.4 is 0 Å². The van der Waals surface area contributed by atoms with Gasteiger partial charge in [0.05, 0.1) is 9.85 Å². The molecule has 0 amide bonds. The minimum absolute atomic E-state index is 0.101. The van der Waals surface area contributed by atoms with Crippen LogP contribution in [0.5, 0.6) is 0 Å². The molecule has 0 saturated heterocycles. The maximum Gasteiger partial charge on any atom is 0.137 e. The van der Waals surface area contributed by atoms with Crippen LogP contribution in [0.4, 0.5) is 8.78 Å². The summed E-state index contributed by atoms with van der Waals surface area (Å²) in [6.07, 6.45) is 1.61. The number of fused-ring (bicyclic) bond motifs is 1. The molecule has 0 bridgehead atoms. The standard InChI is InChI=1S/C16H12BrClF2/c17-13-8-14(19)12(7-15(13)20)16(18)11-5-9-3-1-2-4-10(9)6-11/h1-4,7-8,11,16H,5-6H2. The number of benzene rings is 2. The van der Waals surface area contributed by atoms with Gasteiger partial charge in [-0.25, -0.2) is 8.78 Å². The van der Waals surface area contributed by atoms with Crippen molar-refractivity contribution < 1.29 is 8.78 Å². The number of halogens is 4. The van der Waals surface area contributed by atoms with Crippen LogP contribution in [0.1, 0.15) is 22.1 Å². The van der Waals surface area contributed by atoms with Gasteiger partial charge in [-0.2, -0.15) is 0 Å². The van der Waals surface area contributed by atoms with E-state index >= 15 is 0 Å². The average Bonchev–Trinajstić information content (AvgIpc) is 2.86. The van der Waals surface area contributed by atoms with Crippen molar-refractivity contribution in [3.05, 3.63) is 69.2 Å². The van der Waals surface area contributed by atoms with E-state index in [1.807, 2.05) is 12.1 Å². The maximum atomic E-state index is 14.0. The first-order valence-electron chi connectivity index (χ1n) is 6.41.